The first-order valence-electron chi connectivity index (χ1n) is 7.23. The summed E-state index contributed by atoms with van der Waals surface area (Å²) in [6.07, 6.45) is 4.20. The Bertz CT molecular complexity index is 562. The highest BCUT2D eigenvalue weighted by atomic mass is 32.1. The zero-order valence-electron chi connectivity index (χ0n) is 11.9. The average molecular weight is 301 g/mol. The van der Waals surface area contributed by atoms with Gasteiger partial charge in [0.25, 0.3) is 0 Å². The molecule has 2 aromatic rings. The van der Waals surface area contributed by atoms with E-state index in [1.165, 1.54) is 5.56 Å². The number of nitrogens with zero attached hydrogens (tertiary/aromatic N) is 3. The van der Waals surface area contributed by atoms with Crippen LogP contribution in [0.3, 0.4) is 0 Å². The molecular formula is C16H19N3OS. The molecule has 0 aliphatic carbocycles. The highest BCUT2D eigenvalue weighted by Gasteiger charge is 2.21. The maximum Gasteiger partial charge on any atom is 0.227 e. The predicted octanol–water partition coefficient (Wildman–Crippen LogP) is 2.03. The van der Waals surface area contributed by atoms with Crippen LogP contribution in [0.5, 0.6) is 0 Å². The molecule has 0 N–H and O–H groups in total. The number of carbonyl (C=O) groups is 1. The quantitative estimate of drug-likeness (QED) is 0.867. The van der Waals surface area contributed by atoms with Crippen LogP contribution in [0.15, 0.2) is 42.0 Å². The molecule has 0 saturated carbocycles. The summed E-state index contributed by atoms with van der Waals surface area (Å²) in [4.78, 5) is 21.8. The van der Waals surface area contributed by atoms with Crippen molar-refractivity contribution in [3.8, 4) is 0 Å². The predicted molar refractivity (Wildman–Crippen MR) is 84.1 cm³/mol. The van der Waals surface area contributed by atoms with Crippen LogP contribution in [0.4, 0.5) is 0 Å². The van der Waals surface area contributed by atoms with Crippen LogP contribution in [0.25, 0.3) is 0 Å². The maximum absolute atomic E-state index is 12.2. The lowest BCUT2D eigenvalue weighted by atomic mass is 10.2. The van der Waals surface area contributed by atoms with Crippen molar-refractivity contribution in [3.05, 3.63) is 52.5 Å². The minimum atomic E-state index is 0.251. The fourth-order valence-electron chi connectivity index (χ4n) is 2.58. The van der Waals surface area contributed by atoms with Crippen LogP contribution in [0.1, 0.15) is 10.4 Å². The van der Waals surface area contributed by atoms with Gasteiger partial charge >= 0.3 is 0 Å². The van der Waals surface area contributed by atoms with Gasteiger partial charge in [0.1, 0.15) is 0 Å². The zero-order chi connectivity index (χ0) is 14.5. The van der Waals surface area contributed by atoms with E-state index in [2.05, 4.69) is 9.88 Å². The van der Waals surface area contributed by atoms with Crippen LogP contribution in [-0.2, 0) is 17.8 Å². The second-order valence-electron chi connectivity index (χ2n) is 5.27. The minimum absolute atomic E-state index is 0.251. The monoisotopic (exact) mass is 301 g/mol. The van der Waals surface area contributed by atoms with Crippen molar-refractivity contribution in [2.75, 3.05) is 26.2 Å². The molecular weight excluding hydrogens is 282 g/mol. The third kappa shape index (κ3) is 3.89. The maximum atomic E-state index is 12.2. The van der Waals surface area contributed by atoms with Gasteiger partial charge < -0.3 is 4.90 Å². The van der Waals surface area contributed by atoms with Gasteiger partial charge in [0.15, 0.2) is 0 Å². The number of pyridine rings is 1. The topological polar surface area (TPSA) is 36.4 Å². The minimum Gasteiger partial charge on any atom is -0.340 e. The van der Waals surface area contributed by atoms with Gasteiger partial charge in [0.05, 0.1) is 6.42 Å². The van der Waals surface area contributed by atoms with Gasteiger partial charge in [-0.25, -0.2) is 0 Å². The second-order valence-corrected chi connectivity index (χ2v) is 6.30. The summed E-state index contributed by atoms with van der Waals surface area (Å²) >= 11 is 1.65. The molecule has 21 heavy (non-hydrogen) atoms. The standard InChI is InChI=1S/C16H19N3OS/c20-16(12-15-2-1-11-21-15)19-9-7-18(8-10-19)13-14-3-5-17-6-4-14/h1-6,11H,7-10,12-13H2. The molecule has 1 aliphatic rings. The Morgan fingerprint density at radius 2 is 1.90 bits per heavy atom. The molecule has 0 unspecified atom stereocenters. The van der Waals surface area contributed by atoms with Gasteiger partial charge in [-0.1, -0.05) is 6.07 Å². The number of hydrogen-bond acceptors (Lipinski definition) is 4. The van der Waals surface area contributed by atoms with Crippen LogP contribution in [-0.4, -0.2) is 46.9 Å². The number of hydrogen-bond donors (Lipinski definition) is 0. The molecule has 0 bridgehead atoms. The van der Waals surface area contributed by atoms with Gasteiger partial charge in [0.2, 0.25) is 5.91 Å². The average Bonchev–Trinajstić information content (AvgIpc) is 3.02. The van der Waals surface area contributed by atoms with Crippen molar-refractivity contribution >= 4 is 17.2 Å². The van der Waals surface area contributed by atoms with E-state index in [0.717, 1.165) is 37.6 Å². The van der Waals surface area contributed by atoms with E-state index in [-0.39, 0.29) is 5.91 Å². The van der Waals surface area contributed by atoms with Crippen LogP contribution < -0.4 is 0 Å². The molecule has 0 radical (unpaired) electrons. The number of thiophene rings is 1. The first-order valence-corrected chi connectivity index (χ1v) is 8.10. The van der Waals surface area contributed by atoms with Gasteiger partial charge in [-0.15, -0.1) is 11.3 Å². The van der Waals surface area contributed by atoms with E-state index >= 15 is 0 Å². The van der Waals surface area contributed by atoms with Crippen molar-refractivity contribution < 1.29 is 4.79 Å². The first-order chi connectivity index (χ1) is 10.3. The SMILES string of the molecule is O=C(Cc1cccs1)N1CCN(Cc2ccncc2)CC1. The smallest absolute Gasteiger partial charge is 0.227 e. The van der Waals surface area contributed by atoms with E-state index in [9.17, 15) is 4.79 Å². The Labute approximate surface area is 129 Å². The molecule has 5 heteroatoms. The summed E-state index contributed by atoms with van der Waals surface area (Å²) < 4.78 is 0. The molecule has 1 fully saturated rings. The Morgan fingerprint density at radius 3 is 2.57 bits per heavy atom. The lowest BCUT2D eigenvalue weighted by molar-refractivity contribution is -0.132. The molecule has 0 atom stereocenters. The number of piperazine rings is 1. The Balaban J connectivity index is 1.47. The van der Waals surface area contributed by atoms with Crippen molar-refractivity contribution in [2.45, 2.75) is 13.0 Å². The Kier molecular flexibility index (Phi) is 4.62. The Morgan fingerprint density at radius 1 is 1.14 bits per heavy atom. The number of carbonyl (C=O) groups excluding carboxylic acids is 1. The van der Waals surface area contributed by atoms with Crippen LogP contribution >= 0.6 is 11.3 Å². The van der Waals surface area contributed by atoms with E-state index in [1.54, 1.807) is 11.3 Å². The lowest BCUT2D eigenvalue weighted by Gasteiger charge is -2.34. The summed E-state index contributed by atoms with van der Waals surface area (Å²) in [6, 6.07) is 8.13. The molecule has 1 saturated heterocycles. The van der Waals surface area contributed by atoms with Gasteiger partial charge in [0, 0.05) is 50.0 Å². The molecule has 4 nitrogen and oxygen atoms in total. The summed E-state index contributed by atoms with van der Waals surface area (Å²) in [6.45, 7) is 4.48. The van der Waals surface area contributed by atoms with Crippen molar-refractivity contribution in [1.82, 2.24) is 14.8 Å². The highest BCUT2D eigenvalue weighted by Crippen LogP contribution is 2.13. The van der Waals surface area contributed by atoms with E-state index in [4.69, 9.17) is 0 Å². The van der Waals surface area contributed by atoms with Gasteiger partial charge in [-0.2, -0.15) is 0 Å². The summed E-state index contributed by atoms with van der Waals surface area (Å²) in [5.41, 5.74) is 1.28. The molecule has 0 aromatic carbocycles. The van der Waals surface area contributed by atoms with E-state index < -0.39 is 0 Å². The number of rotatable bonds is 4. The number of amides is 1. The van der Waals surface area contributed by atoms with Crippen molar-refractivity contribution in [1.29, 1.82) is 0 Å². The first kappa shape index (κ1) is 14.2. The van der Waals surface area contributed by atoms with Gasteiger partial charge in [-0.05, 0) is 29.1 Å². The summed E-state index contributed by atoms with van der Waals surface area (Å²) in [7, 11) is 0. The van der Waals surface area contributed by atoms with Gasteiger partial charge in [-0.3, -0.25) is 14.7 Å². The third-order valence-corrected chi connectivity index (χ3v) is 4.66. The lowest BCUT2D eigenvalue weighted by Crippen LogP contribution is -2.48. The summed E-state index contributed by atoms with van der Waals surface area (Å²) in [5.74, 6) is 0.251. The zero-order valence-corrected chi connectivity index (χ0v) is 12.8. The molecule has 110 valence electrons. The molecule has 1 aliphatic heterocycles. The number of aromatic nitrogens is 1. The third-order valence-electron chi connectivity index (χ3n) is 3.79. The fourth-order valence-corrected chi connectivity index (χ4v) is 3.27. The van der Waals surface area contributed by atoms with Crippen molar-refractivity contribution in [2.24, 2.45) is 0 Å². The molecule has 2 aromatic heterocycles. The molecule has 3 heterocycles. The Hall–Kier alpha value is -1.72. The van der Waals surface area contributed by atoms with E-state index in [0.29, 0.717) is 6.42 Å². The fraction of sp³-hybridized carbons (Fsp3) is 0.375. The van der Waals surface area contributed by atoms with Crippen molar-refractivity contribution in [3.63, 3.8) is 0 Å². The molecule has 0 spiro atoms. The molecule has 3 rings (SSSR count). The highest BCUT2D eigenvalue weighted by molar-refractivity contribution is 7.10. The largest absolute Gasteiger partial charge is 0.340 e. The van der Waals surface area contributed by atoms with Crippen LogP contribution in [0, 0.1) is 0 Å². The van der Waals surface area contributed by atoms with Crippen LogP contribution in [0.2, 0.25) is 0 Å². The van der Waals surface area contributed by atoms with E-state index in [1.807, 2.05) is 46.9 Å². The normalized spacial score (nSPS) is 16.1. The molecule has 1 amide bonds. The second kappa shape index (κ2) is 6.83. The summed E-state index contributed by atoms with van der Waals surface area (Å²) in [5, 5.41) is 2.02.